The van der Waals surface area contributed by atoms with Crippen LogP contribution in [0.25, 0.3) is 0 Å². The minimum Gasteiger partial charge on any atom is -0.492 e. The Labute approximate surface area is 138 Å². The van der Waals surface area contributed by atoms with Gasteiger partial charge in [0.2, 0.25) is 0 Å². The highest BCUT2D eigenvalue weighted by Crippen LogP contribution is 2.27. The molecule has 0 aliphatic carbocycles. The number of hydrogen-bond acceptors (Lipinski definition) is 3. The first-order chi connectivity index (χ1) is 9.86. The van der Waals surface area contributed by atoms with Crippen molar-refractivity contribution in [3.8, 4) is 5.75 Å². The van der Waals surface area contributed by atoms with Crippen LogP contribution in [0.2, 0.25) is 0 Å². The van der Waals surface area contributed by atoms with Crippen molar-refractivity contribution in [1.29, 1.82) is 0 Å². The number of halogens is 1. The van der Waals surface area contributed by atoms with Crippen LogP contribution >= 0.6 is 15.9 Å². The Kier molecular flexibility index (Phi) is 7.71. The van der Waals surface area contributed by atoms with E-state index >= 15 is 0 Å². The molecule has 0 saturated carbocycles. The summed E-state index contributed by atoms with van der Waals surface area (Å²) in [4.78, 5) is 2.44. The smallest absolute Gasteiger partial charge is 0.120 e. The molecule has 0 heterocycles. The summed E-state index contributed by atoms with van der Waals surface area (Å²) in [5.41, 5.74) is 1.25. The zero-order valence-electron chi connectivity index (χ0n) is 14.1. The molecule has 0 aliphatic heterocycles. The van der Waals surface area contributed by atoms with Gasteiger partial charge in [0.15, 0.2) is 0 Å². The Bertz CT molecular complexity index is 427. The maximum atomic E-state index is 5.89. The molecular formula is C17H29BrN2O. The number of benzene rings is 1. The van der Waals surface area contributed by atoms with Crippen LogP contribution in [0.5, 0.6) is 5.75 Å². The Morgan fingerprint density at radius 1 is 1.14 bits per heavy atom. The summed E-state index contributed by atoms with van der Waals surface area (Å²) in [6, 6.07) is 7.62. The summed E-state index contributed by atoms with van der Waals surface area (Å²) in [7, 11) is 1.97. The molecule has 120 valence electrons. The Morgan fingerprint density at radius 3 is 2.24 bits per heavy atom. The van der Waals surface area contributed by atoms with Crippen LogP contribution in [-0.4, -0.2) is 37.2 Å². The van der Waals surface area contributed by atoms with Gasteiger partial charge in [-0.2, -0.15) is 0 Å². The lowest BCUT2D eigenvalue weighted by atomic mass is 10.1. The zero-order chi connectivity index (χ0) is 16.0. The monoisotopic (exact) mass is 356 g/mol. The first-order valence-electron chi connectivity index (χ1n) is 7.72. The molecule has 1 aromatic carbocycles. The van der Waals surface area contributed by atoms with Crippen LogP contribution in [0.3, 0.4) is 0 Å². The van der Waals surface area contributed by atoms with E-state index in [9.17, 15) is 0 Å². The second kappa shape index (κ2) is 8.76. The molecule has 0 radical (unpaired) electrons. The van der Waals surface area contributed by atoms with Crippen molar-refractivity contribution in [2.75, 3.05) is 20.2 Å². The number of nitrogens with zero attached hydrogens (tertiary/aromatic N) is 1. The normalized spacial score (nSPS) is 13.2. The van der Waals surface area contributed by atoms with Gasteiger partial charge >= 0.3 is 0 Å². The van der Waals surface area contributed by atoms with Crippen molar-refractivity contribution >= 4 is 15.9 Å². The Balaban J connectivity index is 2.58. The van der Waals surface area contributed by atoms with Gasteiger partial charge in [-0.05, 0) is 59.4 Å². The highest BCUT2D eigenvalue weighted by molar-refractivity contribution is 9.10. The van der Waals surface area contributed by atoms with Gasteiger partial charge in [0.05, 0.1) is 0 Å². The molecule has 0 aromatic heterocycles. The summed E-state index contributed by atoms with van der Waals surface area (Å²) in [5, 5.41) is 3.25. The van der Waals surface area contributed by atoms with Crippen molar-refractivity contribution in [2.24, 2.45) is 0 Å². The van der Waals surface area contributed by atoms with E-state index in [1.807, 2.05) is 13.1 Å². The summed E-state index contributed by atoms with van der Waals surface area (Å²) < 4.78 is 6.98. The standard InChI is InChI=1S/C17H29BrN2O/c1-12(2)20(13(3)4)9-10-21-15-7-8-16(14(5)19-6)17(18)11-15/h7-8,11-14,19H,9-10H2,1-6H3. The maximum absolute atomic E-state index is 5.89. The van der Waals surface area contributed by atoms with Crippen LogP contribution in [0, 0.1) is 0 Å². The SMILES string of the molecule is CNC(C)c1ccc(OCCN(C(C)C)C(C)C)cc1Br. The molecule has 0 spiro atoms. The van der Waals surface area contributed by atoms with Crippen LogP contribution in [-0.2, 0) is 0 Å². The lowest BCUT2D eigenvalue weighted by molar-refractivity contribution is 0.142. The largest absolute Gasteiger partial charge is 0.492 e. The molecule has 1 aromatic rings. The second-order valence-corrected chi connectivity index (χ2v) is 6.82. The highest BCUT2D eigenvalue weighted by Gasteiger charge is 2.13. The highest BCUT2D eigenvalue weighted by atomic mass is 79.9. The van der Waals surface area contributed by atoms with Crippen LogP contribution in [0.4, 0.5) is 0 Å². The molecule has 1 N–H and O–H groups in total. The molecule has 1 atom stereocenters. The van der Waals surface area contributed by atoms with Crippen molar-refractivity contribution in [3.05, 3.63) is 28.2 Å². The maximum Gasteiger partial charge on any atom is 0.120 e. The molecular weight excluding hydrogens is 328 g/mol. The second-order valence-electron chi connectivity index (χ2n) is 5.97. The Hall–Kier alpha value is -0.580. The molecule has 3 nitrogen and oxygen atoms in total. The predicted molar refractivity (Wildman–Crippen MR) is 94.1 cm³/mol. The fourth-order valence-corrected chi connectivity index (χ4v) is 3.19. The fourth-order valence-electron chi connectivity index (χ4n) is 2.49. The summed E-state index contributed by atoms with van der Waals surface area (Å²) >= 11 is 3.63. The van der Waals surface area contributed by atoms with Gasteiger partial charge in [-0.15, -0.1) is 0 Å². The van der Waals surface area contributed by atoms with E-state index in [1.165, 1.54) is 5.56 Å². The van der Waals surface area contributed by atoms with Crippen molar-refractivity contribution in [1.82, 2.24) is 10.2 Å². The van der Waals surface area contributed by atoms with Crippen LogP contribution < -0.4 is 10.1 Å². The number of rotatable bonds is 8. The van der Waals surface area contributed by atoms with E-state index in [2.05, 4.69) is 72.9 Å². The third kappa shape index (κ3) is 5.61. The van der Waals surface area contributed by atoms with Crippen molar-refractivity contribution in [3.63, 3.8) is 0 Å². The van der Waals surface area contributed by atoms with E-state index in [1.54, 1.807) is 0 Å². The topological polar surface area (TPSA) is 24.5 Å². The van der Waals surface area contributed by atoms with Gasteiger partial charge in [-0.25, -0.2) is 0 Å². The predicted octanol–water partition coefficient (Wildman–Crippen LogP) is 4.23. The van der Waals surface area contributed by atoms with Gasteiger partial charge in [-0.1, -0.05) is 22.0 Å². The van der Waals surface area contributed by atoms with Crippen LogP contribution in [0.1, 0.15) is 46.2 Å². The summed E-state index contributed by atoms with van der Waals surface area (Å²) in [6.45, 7) is 12.7. The number of nitrogens with one attached hydrogen (secondary N) is 1. The van der Waals surface area contributed by atoms with E-state index < -0.39 is 0 Å². The molecule has 0 saturated heterocycles. The van der Waals surface area contributed by atoms with E-state index in [0.717, 1.165) is 16.8 Å². The summed E-state index contributed by atoms with van der Waals surface area (Å²) in [5.74, 6) is 0.918. The lowest BCUT2D eigenvalue weighted by Gasteiger charge is -2.30. The molecule has 0 fully saturated rings. The third-order valence-corrected chi connectivity index (χ3v) is 4.50. The lowest BCUT2D eigenvalue weighted by Crippen LogP contribution is -2.39. The molecule has 1 unspecified atom stereocenters. The average Bonchev–Trinajstić information content (AvgIpc) is 2.42. The van der Waals surface area contributed by atoms with E-state index in [4.69, 9.17) is 4.74 Å². The van der Waals surface area contributed by atoms with Gasteiger partial charge in [-0.3, -0.25) is 4.90 Å². The van der Waals surface area contributed by atoms with Crippen molar-refractivity contribution in [2.45, 2.75) is 52.7 Å². The molecule has 0 amide bonds. The number of hydrogen-bond donors (Lipinski definition) is 1. The minimum atomic E-state index is 0.325. The van der Waals surface area contributed by atoms with Crippen molar-refractivity contribution < 1.29 is 4.74 Å². The zero-order valence-corrected chi connectivity index (χ0v) is 15.7. The van der Waals surface area contributed by atoms with Gasteiger partial charge < -0.3 is 10.1 Å². The minimum absolute atomic E-state index is 0.325. The molecule has 0 aliphatic rings. The first kappa shape index (κ1) is 18.5. The van der Waals surface area contributed by atoms with E-state index in [-0.39, 0.29) is 0 Å². The van der Waals surface area contributed by atoms with Gasteiger partial charge in [0.25, 0.3) is 0 Å². The first-order valence-corrected chi connectivity index (χ1v) is 8.51. The summed E-state index contributed by atoms with van der Waals surface area (Å²) in [6.07, 6.45) is 0. The molecule has 0 bridgehead atoms. The van der Waals surface area contributed by atoms with E-state index in [0.29, 0.717) is 24.7 Å². The third-order valence-electron chi connectivity index (χ3n) is 3.82. The van der Waals surface area contributed by atoms with Gasteiger partial charge in [0, 0.05) is 29.1 Å². The molecule has 4 heteroatoms. The number of ether oxygens (including phenoxy) is 1. The molecule has 21 heavy (non-hydrogen) atoms. The average molecular weight is 357 g/mol. The quantitative estimate of drug-likeness (QED) is 0.754. The fraction of sp³-hybridized carbons (Fsp3) is 0.647. The van der Waals surface area contributed by atoms with Gasteiger partial charge in [0.1, 0.15) is 12.4 Å². The van der Waals surface area contributed by atoms with Crippen LogP contribution in [0.15, 0.2) is 22.7 Å². The Morgan fingerprint density at radius 2 is 1.76 bits per heavy atom. The molecule has 1 rings (SSSR count).